The highest BCUT2D eigenvalue weighted by atomic mass is 16.3. The Morgan fingerprint density at radius 1 is 1.64 bits per heavy atom. The maximum absolute atomic E-state index is 11.4. The van der Waals surface area contributed by atoms with Crippen molar-refractivity contribution >= 4 is 5.91 Å². The van der Waals surface area contributed by atoms with Crippen molar-refractivity contribution in [3.8, 4) is 0 Å². The summed E-state index contributed by atoms with van der Waals surface area (Å²) in [6.45, 7) is 3.59. The number of nitrogens with zero attached hydrogens (tertiary/aromatic N) is 1. The van der Waals surface area contributed by atoms with Gasteiger partial charge in [0.1, 0.15) is 5.76 Å². The summed E-state index contributed by atoms with van der Waals surface area (Å²) < 4.78 is 5.02. The predicted octanol–water partition coefficient (Wildman–Crippen LogP) is 1.04. The summed E-state index contributed by atoms with van der Waals surface area (Å²) in [5.74, 6) is 0.804. The fraction of sp³-hybridized carbons (Fsp3) is 0.375. The largest absolute Gasteiger partial charge is 0.469 e. The van der Waals surface area contributed by atoms with Gasteiger partial charge in [-0.2, -0.15) is 0 Å². The average molecular weight is 151 g/mol. The van der Waals surface area contributed by atoms with Gasteiger partial charge in [-0.1, -0.05) is 0 Å². The van der Waals surface area contributed by atoms with Crippen molar-refractivity contribution in [2.45, 2.75) is 6.92 Å². The third kappa shape index (κ3) is 1.02. The van der Waals surface area contributed by atoms with Gasteiger partial charge in [0.2, 0.25) is 0 Å². The molecule has 1 amide bonds. The van der Waals surface area contributed by atoms with E-state index in [0.29, 0.717) is 11.3 Å². The van der Waals surface area contributed by atoms with E-state index in [1.54, 1.807) is 24.2 Å². The molecular formula is C8H9NO2. The van der Waals surface area contributed by atoms with Crippen LogP contribution in [0.5, 0.6) is 0 Å². The number of carbonyl (C=O) groups excluding carboxylic acids is 1. The molecule has 1 aliphatic rings. The van der Waals surface area contributed by atoms with Crippen LogP contribution in [0.4, 0.5) is 0 Å². The zero-order valence-corrected chi connectivity index (χ0v) is 6.33. The minimum atomic E-state index is 0.0938. The standard InChI is InChI=1S/C8H9NO2/c1-6-7(2-5-11-6)8(10)9-3-4-9/h2,5H,3-4H2,1H3. The number of furan rings is 1. The van der Waals surface area contributed by atoms with Crippen LogP contribution < -0.4 is 0 Å². The Bertz CT molecular complexity index is 286. The van der Waals surface area contributed by atoms with Gasteiger partial charge in [0, 0.05) is 13.1 Å². The van der Waals surface area contributed by atoms with Crippen LogP contribution in [0.25, 0.3) is 0 Å². The summed E-state index contributed by atoms with van der Waals surface area (Å²) in [5.41, 5.74) is 0.697. The first-order valence-electron chi connectivity index (χ1n) is 3.62. The van der Waals surface area contributed by atoms with Gasteiger partial charge in [0.25, 0.3) is 5.91 Å². The molecule has 1 aromatic rings. The molecule has 2 rings (SSSR count). The van der Waals surface area contributed by atoms with Crippen molar-refractivity contribution in [1.82, 2.24) is 4.90 Å². The van der Waals surface area contributed by atoms with Gasteiger partial charge in [-0.05, 0) is 13.0 Å². The predicted molar refractivity (Wildman–Crippen MR) is 39.3 cm³/mol. The molecule has 0 saturated carbocycles. The number of hydrogen-bond donors (Lipinski definition) is 0. The van der Waals surface area contributed by atoms with Crippen LogP contribution in [-0.2, 0) is 0 Å². The Morgan fingerprint density at radius 2 is 2.36 bits per heavy atom. The van der Waals surface area contributed by atoms with Crippen LogP contribution in [0.2, 0.25) is 0 Å². The Morgan fingerprint density at radius 3 is 2.82 bits per heavy atom. The Kier molecular flexibility index (Phi) is 1.24. The van der Waals surface area contributed by atoms with E-state index in [0.717, 1.165) is 13.1 Å². The molecule has 0 radical (unpaired) electrons. The minimum absolute atomic E-state index is 0.0938. The molecule has 1 fully saturated rings. The molecule has 0 atom stereocenters. The van der Waals surface area contributed by atoms with E-state index in [4.69, 9.17) is 4.42 Å². The third-order valence-electron chi connectivity index (χ3n) is 1.82. The van der Waals surface area contributed by atoms with Crippen LogP contribution in [0, 0.1) is 6.92 Å². The summed E-state index contributed by atoms with van der Waals surface area (Å²) >= 11 is 0. The molecule has 11 heavy (non-hydrogen) atoms. The second kappa shape index (κ2) is 2.12. The van der Waals surface area contributed by atoms with Gasteiger partial charge >= 0.3 is 0 Å². The summed E-state index contributed by atoms with van der Waals surface area (Å²) in [7, 11) is 0. The van der Waals surface area contributed by atoms with E-state index in [1.165, 1.54) is 0 Å². The van der Waals surface area contributed by atoms with Gasteiger partial charge in [0.05, 0.1) is 11.8 Å². The first kappa shape index (κ1) is 6.46. The quantitative estimate of drug-likeness (QED) is 0.562. The van der Waals surface area contributed by atoms with Crippen LogP contribution >= 0.6 is 0 Å². The Hall–Kier alpha value is -1.25. The number of hydrogen-bond acceptors (Lipinski definition) is 2. The molecule has 1 saturated heterocycles. The first-order valence-corrected chi connectivity index (χ1v) is 3.62. The smallest absolute Gasteiger partial charge is 0.257 e. The number of amides is 1. The lowest BCUT2D eigenvalue weighted by Gasteiger charge is -1.97. The van der Waals surface area contributed by atoms with Gasteiger partial charge in [-0.15, -0.1) is 0 Å². The molecule has 1 aliphatic heterocycles. The van der Waals surface area contributed by atoms with Crippen LogP contribution in [0.15, 0.2) is 16.7 Å². The summed E-state index contributed by atoms with van der Waals surface area (Å²) in [4.78, 5) is 13.1. The maximum atomic E-state index is 11.4. The number of rotatable bonds is 1. The van der Waals surface area contributed by atoms with Crippen molar-refractivity contribution in [1.29, 1.82) is 0 Å². The van der Waals surface area contributed by atoms with Gasteiger partial charge in [0.15, 0.2) is 0 Å². The Balaban J connectivity index is 2.27. The van der Waals surface area contributed by atoms with Crippen LogP contribution in [0.3, 0.4) is 0 Å². The highest BCUT2D eigenvalue weighted by Crippen LogP contribution is 2.15. The van der Waals surface area contributed by atoms with E-state index in [9.17, 15) is 4.79 Å². The van der Waals surface area contributed by atoms with Crippen molar-refractivity contribution < 1.29 is 9.21 Å². The molecule has 3 nitrogen and oxygen atoms in total. The monoisotopic (exact) mass is 151 g/mol. The molecule has 2 heterocycles. The van der Waals surface area contributed by atoms with Gasteiger partial charge in [-0.3, -0.25) is 4.79 Å². The highest BCUT2D eigenvalue weighted by molar-refractivity contribution is 5.96. The molecule has 0 bridgehead atoms. The van der Waals surface area contributed by atoms with Gasteiger partial charge < -0.3 is 9.32 Å². The van der Waals surface area contributed by atoms with Crippen molar-refractivity contribution in [2.75, 3.05) is 13.1 Å². The van der Waals surface area contributed by atoms with E-state index < -0.39 is 0 Å². The first-order chi connectivity index (χ1) is 5.29. The maximum Gasteiger partial charge on any atom is 0.257 e. The highest BCUT2D eigenvalue weighted by Gasteiger charge is 2.27. The topological polar surface area (TPSA) is 33.2 Å². The second-order valence-electron chi connectivity index (χ2n) is 2.68. The van der Waals surface area contributed by atoms with E-state index in [-0.39, 0.29) is 5.91 Å². The van der Waals surface area contributed by atoms with Gasteiger partial charge in [-0.25, -0.2) is 0 Å². The second-order valence-corrected chi connectivity index (χ2v) is 2.68. The Labute approximate surface area is 64.6 Å². The molecule has 0 spiro atoms. The number of aryl methyl sites for hydroxylation is 1. The molecule has 0 unspecified atom stereocenters. The normalized spacial score (nSPS) is 15.2. The van der Waals surface area contributed by atoms with E-state index in [1.807, 2.05) is 0 Å². The van der Waals surface area contributed by atoms with Crippen LogP contribution in [-0.4, -0.2) is 23.9 Å². The van der Waals surface area contributed by atoms with Crippen molar-refractivity contribution in [2.24, 2.45) is 0 Å². The molecule has 0 aliphatic carbocycles. The van der Waals surface area contributed by atoms with E-state index >= 15 is 0 Å². The lowest BCUT2D eigenvalue weighted by atomic mass is 10.2. The van der Waals surface area contributed by atoms with Crippen molar-refractivity contribution in [3.05, 3.63) is 23.7 Å². The summed E-state index contributed by atoms with van der Waals surface area (Å²) in [6.07, 6.45) is 1.55. The zero-order valence-electron chi connectivity index (χ0n) is 6.33. The molecular weight excluding hydrogens is 142 g/mol. The fourth-order valence-electron chi connectivity index (χ4n) is 1.03. The molecule has 3 heteroatoms. The molecule has 0 N–H and O–H groups in total. The molecule has 1 aromatic heterocycles. The zero-order chi connectivity index (χ0) is 7.84. The fourth-order valence-corrected chi connectivity index (χ4v) is 1.03. The average Bonchev–Trinajstić information content (AvgIpc) is 2.74. The summed E-state index contributed by atoms with van der Waals surface area (Å²) in [6, 6.07) is 1.72. The summed E-state index contributed by atoms with van der Waals surface area (Å²) in [5, 5.41) is 0. The molecule has 0 aromatic carbocycles. The lowest BCUT2D eigenvalue weighted by Crippen LogP contribution is -2.10. The lowest BCUT2D eigenvalue weighted by molar-refractivity contribution is 0.0884. The van der Waals surface area contributed by atoms with Crippen LogP contribution in [0.1, 0.15) is 16.1 Å². The number of carbonyl (C=O) groups is 1. The SMILES string of the molecule is Cc1occc1C(=O)N1CC1. The third-order valence-corrected chi connectivity index (χ3v) is 1.82. The van der Waals surface area contributed by atoms with Crippen molar-refractivity contribution in [3.63, 3.8) is 0 Å². The molecule has 58 valence electrons. The van der Waals surface area contributed by atoms with E-state index in [2.05, 4.69) is 0 Å². The minimum Gasteiger partial charge on any atom is -0.469 e.